The molecule has 0 saturated carbocycles. The van der Waals surface area contributed by atoms with Gasteiger partial charge in [0.2, 0.25) is 5.91 Å². The van der Waals surface area contributed by atoms with Gasteiger partial charge in [-0.05, 0) is 13.8 Å². The van der Waals surface area contributed by atoms with Gasteiger partial charge in [0, 0.05) is 25.6 Å². The van der Waals surface area contributed by atoms with Crippen molar-refractivity contribution in [2.24, 2.45) is 5.92 Å². The van der Waals surface area contributed by atoms with Crippen LogP contribution in [-0.2, 0) is 11.3 Å². The number of nitrogen functional groups attached to an aromatic ring is 1. The molecule has 1 aromatic rings. The van der Waals surface area contributed by atoms with Crippen molar-refractivity contribution in [3.05, 3.63) is 11.4 Å². The molecule has 1 aromatic heterocycles. The van der Waals surface area contributed by atoms with Crippen molar-refractivity contribution in [3.8, 4) is 0 Å². The van der Waals surface area contributed by atoms with E-state index >= 15 is 0 Å². The molecule has 6 heteroatoms. The van der Waals surface area contributed by atoms with Crippen LogP contribution in [0.5, 0.6) is 0 Å². The highest BCUT2D eigenvalue weighted by atomic mass is 16.3. The molecular weight excluding hydrogens is 220 g/mol. The summed E-state index contributed by atoms with van der Waals surface area (Å²) in [4.78, 5) is 13.6. The second-order valence-electron chi connectivity index (χ2n) is 4.59. The number of carbonyl (C=O) groups excluding carboxylic acids is 1. The third-order valence-corrected chi connectivity index (χ3v) is 3.29. The van der Waals surface area contributed by atoms with E-state index < -0.39 is 0 Å². The molecule has 2 rings (SSSR count). The predicted octanol–water partition coefficient (Wildman–Crippen LogP) is -0.467. The lowest BCUT2D eigenvalue weighted by atomic mass is 10.0. The van der Waals surface area contributed by atoms with Gasteiger partial charge in [-0.1, -0.05) is 0 Å². The molecule has 0 spiro atoms. The maximum Gasteiger partial charge on any atom is 0.244 e. The molecule has 0 atom stereocenters. The lowest BCUT2D eigenvalue weighted by Gasteiger charge is -2.38. The Bertz CT molecular complexity index is 435. The van der Waals surface area contributed by atoms with Crippen LogP contribution < -0.4 is 5.73 Å². The number of rotatable bonds is 3. The van der Waals surface area contributed by atoms with Gasteiger partial charge in [-0.2, -0.15) is 5.10 Å². The Kier molecular flexibility index (Phi) is 3.06. The fourth-order valence-electron chi connectivity index (χ4n) is 1.98. The lowest BCUT2D eigenvalue weighted by Crippen LogP contribution is -2.52. The first kappa shape index (κ1) is 11.9. The molecule has 0 unspecified atom stereocenters. The molecule has 1 aliphatic heterocycles. The Balaban J connectivity index is 1.97. The van der Waals surface area contributed by atoms with Crippen LogP contribution >= 0.6 is 0 Å². The van der Waals surface area contributed by atoms with E-state index in [1.54, 1.807) is 9.58 Å². The quantitative estimate of drug-likeness (QED) is 0.746. The SMILES string of the molecule is Cc1nn(CC(=O)N2CC(CO)C2)c(C)c1N. The Morgan fingerprint density at radius 2 is 2.18 bits per heavy atom. The van der Waals surface area contributed by atoms with Crippen LogP contribution in [0.25, 0.3) is 0 Å². The van der Waals surface area contributed by atoms with Gasteiger partial charge >= 0.3 is 0 Å². The molecule has 0 aliphatic carbocycles. The van der Waals surface area contributed by atoms with Crippen LogP contribution in [0.15, 0.2) is 0 Å². The van der Waals surface area contributed by atoms with Crippen molar-refractivity contribution in [2.75, 3.05) is 25.4 Å². The van der Waals surface area contributed by atoms with Gasteiger partial charge in [0.1, 0.15) is 6.54 Å². The molecule has 0 radical (unpaired) electrons. The van der Waals surface area contributed by atoms with Gasteiger partial charge in [-0.25, -0.2) is 0 Å². The van der Waals surface area contributed by atoms with Crippen LogP contribution in [0.2, 0.25) is 0 Å². The van der Waals surface area contributed by atoms with Crippen molar-refractivity contribution in [3.63, 3.8) is 0 Å². The largest absolute Gasteiger partial charge is 0.396 e. The summed E-state index contributed by atoms with van der Waals surface area (Å²) in [6.07, 6.45) is 0. The number of hydrogen-bond acceptors (Lipinski definition) is 4. The number of hydrogen-bond donors (Lipinski definition) is 2. The first-order chi connectivity index (χ1) is 8.02. The lowest BCUT2D eigenvalue weighted by molar-refractivity contribution is -0.139. The zero-order chi connectivity index (χ0) is 12.6. The molecule has 17 heavy (non-hydrogen) atoms. The Hall–Kier alpha value is -1.56. The average molecular weight is 238 g/mol. The molecule has 6 nitrogen and oxygen atoms in total. The average Bonchev–Trinajstić information content (AvgIpc) is 2.45. The van der Waals surface area contributed by atoms with E-state index in [9.17, 15) is 4.79 Å². The van der Waals surface area contributed by atoms with Gasteiger partial charge in [0.15, 0.2) is 0 Å². The number of aliphatic hydroxyl groups is 1. The number of nitrogens with two attached hydrogens (primary N) is 1. The summed E-state index contributed by atoms with van der Waals surface area (Å²) in [5, 5.41) is 13.1. The minimum absolute atomic E-state index is 0.0281. The van der Waals surface area contributed by atoms with Crippen molar-refractivity contribution in [1.29, 1.82) is 0 Å². The summed E-state index contributed by atoms with van der Waals surface area (Å²) in [5.41, 5.74) is 8.04. The smallest absolute Gasteiger partial charge is 0.244 e. The normalized spacial score (nSPS) is 16.1. The zero-order valence-corrected chi connectivity index (χ0v) is 10.2. The highest BCUT2D eigenvalue weighted by Gasteiger charge is 2.30. The van der Waals surface area contributed by atoms with E-state index in [-0.39, 0.29) is 25.0 Å². The fraction of sp³-hybridized carbons (Fsp3) is 0.636. The van der Waals surface area contributed by atoms with Crippen molar-refractivity contribution in [2.45, 2.75) is 20.4 Å². The summed E-state index contributed by atoms with van der Waals surface area (Å²) < 4.78 is 1.64. The van der Waals surface area contributed by atoms with Gasteiger partial charge in [-0.15, -0.1) is 0 Å². The molecule has 1 fully saturated rings. The first-order valence-corrected chi connectivity index (χ1v) is 5.71. The molecule has 1 amide bonds. The van der Waals surface area contributed by atoms with Crippen LogP contribution in [0, 0.1) is 19.8 Å². The second-order valence-corrected chi connectivity index (χ2v) is 4.59. The van der Waals surface area contributed by atoms with Gasteiger partial charge in [-0.3, -0.25) is 9.48 Å². The second kappa shape index (κ2) is 4.37. The number of anilines is 1. The highest BCUT2D eigenvalue weighted by Crippen LogP contribution is 2.18. The number of aromatic nitrogens is 2. The molecular formula is C11H18N4O2. The summed E-state index contributed by atoms with van der Waals surface area (Å²) in [7, 11) is 0. The van der Waals surface area contributed by atoms with Crippen LogP contribution in [0.4, 0.5) is 5.69 Å². The third-order valence-electron chi connectivity index (χ3n) is 3.29. The number of amides is 1. The van der Waals surface area contributed by atoms with Crippen molar-refractivity contribution >= 4 is 11.6 Å². The number of nitrogens with zero attached hydrogens (tertiary/aromatic N) is 3. The van der Waals surface area contributed by atoms with Gasteiger partial charge < -0.3 is 15.7 Å². The van der Waals surface area contributed by atoms with E-state index in [0.717, 1.165) is 11.4 Å². The molecule has 0 bridgehead atoms. The maximum absolute atomic E-state index is 11.9. The predicted molar refractivity (Wildman–Crippen MR) is 63.3 cm³/mol. The van der Waals surface area contributed by atoms with Gasteiger partial charge in [0.25, 0.3) is 0 Å². The standard InChI is InChI=1S/C11H18N4O2/c1-7-11(12)8(2)15(13-7)5-10(17)14-3-9(4-14)6-16/h9,16H,3-6,12H2,1-2H3. The van der Waals surface area contributed by atoms with Crippen LogP contribution in [-0.4, -0.2) is 45.4 Å². The van der Waals surface area contributed by atoms with E-state index in [2.05, 4.69) is 5.10 Å². The highest BCUT2D eigenvalue weighted by molar-refractivity contribution is 5.77. The Labute approximate surface area is 100 Å². The van der Waals surface area contributed by atoms with E-state index in [1.807, 2.05) is 13.8 Å². The van der Waals surface area contributed by atoms with E-state index in [4.69, 9.17) is 10.8 Å². The summed E-state index contributed by atoms with van der Waals surface area (Å²) in [6.45, 7) is 5.34. The maximum atomic E-state index is 11.9. The molecule has 0 aromatic carbocycles. The minimum atomic E-state index is 0.0281. The monoisotopic (exact) mass is 238 g/mol. The van der Waals surface area contributed by atoms with E-state index in [1.165, 1.54) is 0 Å². The minimum Gasteiger partial charge on any atom is -0.396 e. The van der Waals surface area contributed by atoms with Gasteiger partial charge in [0.05, 0.1) is 17.1 Å². The number of aliphatic hydroxyl groups excluding tert-OH is 1. The molecule has 1 saturated heterocycles. The van der Waals surface area contributed by atoms with E-state index in [0.29, 0.717) is 18.8 Å². The third kappa shape index (κ3) is 2.12. The molecule has 2 heterocycles. The Morgan fingerprint density at radius 3 is 2.65 bits per heavy atom. The number of likely N-dealkylation sites (tertiary alicyclic amines) is 1. The topological polar surface area (TPSA) is 84.4 Å². The summed E-state index contributed by atoms with van der Waals surface area (Å²) in [5.74, 6) is 0.268. The van der Waals surface area contributed by atoms with Crippen LogP contribution in [0.3, 0.4) is 0 Å². The summed E-state index contributed by atoms with van der Waals surface area (Å²) in [6, 6.07) is 0. The number of aryl methyl sites for hydroxylation is 1. The molecule has 94 valence electrons. The van der Waals surface area contributed by atoms with Crippen molar-refractivity contribution in [1.82, 2.24) is 14.7 Å². The Morgan fingerprint density at radius 1 is 1.53 bits per heavy atom. The summed E-state index contributed by atoms with van der Waals surface area (Å²) >= 11 is 0. The van der Waals surface area contributed by atoms with Crippen molar-refractivity contribution < 1.29 is 9.90 Å². The fourth-order valence-corrected chi connectivity index (χ4v) is 1.98. The van der Waals surface area contributed by atoms with Crippen LogP contribution in [0.1, 0.15) is 11.4 Å². The zero-order valence-electron chi connectivity index (χ0n) is 10.2. The first-order valence-electron chi connectivity index (χ1n) is 5.71. The molecule has 3 N–H and O–H groups in total. The molecule has 1 aliphatic rings. The number of carbonyl (C=O) groups is 1.